The van der Waals surface area contributed by atoms with E-state index in [-0.39, 0.29) is 0 Å². The van der Waals surface area contributed by atoms with E-state index in [0.717, 1.165) is 12.1 Å². The molecule has 0 fully saturated rings. The Balaban J connectivity index is 2.62. The maximum absolute atomic E-state index is 10.9. The fourth-order valence-electron chi connectivity index (χ4n) is 0.894. The molecule has 0 aliphatic rings. The van der Waals surface area contributed by atoms with E-state index >= 15 is 0 Å². The van der Waals surface area contributed by atoms with Crippen molar-refractivity contribution in [2.75, 3.05) is 6.61 Å². The average Bonchev–Trinajstić information content (AvgIpc) is 2.63. The highest BCUT2D eigenvalue weighted by Gasteiger charge is 1.96. The normalized spacial score (nSPS) is 9.00. The van der Waals surface area contributed by atoms with E-state index in [4.69, 9.17) is 0 Å². The lowest BCUT2D eigenvalue weighted by atomic mass is 10.3. The fraction of sp³-hybridized carbons (Fsp3) is 0.400. The van der Waals surface area contributed by atoms with Crippen molar-refractivity contribution < 1.29 is 9.53 Å². The standard InChI is InChI=1S/C10H12N2O2/c1-3-8-7-9(12-11-8)5-6-10(13)14-4-2/h7H,3-4H2,1-2H3,(H,11,12). The molecular weight excluding hydrogens is 180 g/mol. The molecule has 1 heterocycles. The lowest BCUT2D eigenvalue weighted by Crippen LogP contribution is -1.99. The fourth-order valence-corrected chi connectivity index (χ4v) is 0.894. The van der Waals surface area contributed by atoms with Gasteiger partial charge in [0.15, 0.2) is 0 Å². The second kappa shape index (κ2) is 5.07. The molecule has 1 aromatic heterocycles. The number of aromatic nitrogens is 2. The van der Waals surface area contributed by atoms with Crippen molar-refractivity contribution in [1.29, 1.82) is 0 Å². The van der Waals surface area contributed by atoms with Crippen molar-refractivity contribution in [2.24, 2.45) is 0 Å². The first-order valence-corrected chi connectivity index (χ1v) is 4.49. The number of ether oxygens (including phenoxy) is 1. The summed E-state index contributed by atoms with van der Waals surface area (Å²) in [5.41, 5.74) is 1.56. The van der Waals surface area contributed by atoms with E-state index in [0.29, 0.717) is 12.3 Å². The number of carbonyl (C=O) groups is 1. The molecule has 14 heavy (non-hydrogen) atoms. The largest absolute Gasteiger partial charge is 0.456 e. The summed E-state index contributed by atoms with van der Waals surface area (Å²) in [6.45, 7) is 4.08. The molecule has 0 saturated carbocycles. The molecule has 74 valence electrons. The van der Waals surface area contributed by atoms with E-state index in [2.05, 4.69) is 26.8 Å². The van der Waals surface area contributed by atoms with Crippen LogP contribution in [0.2, 0.25) is 0 Å². The molecule has 0 radical (unpaired) electrons. The van der Waals surface area contributed by atoms with Gasteiger partial charge in [-0.1, -0.05) is 6.92 Å². The number of nitrogens with zero attached hydrogens (tertiary/aromatic N) is 1. The topological polar surface area (TPSA) is 55.0 Å². The van der Waals surface area contributed by atoms with Crippen molar-refractivity contribution in [1.82, 2.24) is 10.2 Å². The zero-order chi connectivity index (χ0) is 10.4. The highest BCUT2D eigenvalue weighted by Crippen LogP contribution is 1.97. The zero-order valence-corrected chi connectivity index (χ0v) is 8.26. The van der Waals surface area contributed by atoms with E-state index in [9.17, 15) is 4.79 Å². The number of nitrogens with one attached hydrogen (secondary N) is 1. The van der Waals surface area contributed by atoms with Crippen LogP contribution in [0.15, 0.2) is 6.07 Å². The van der Waals surface area contributed by atoms with Gasteiger partial charge in [0.2, 0.25) is 0 Å². The van der Waals surface area contributed by atoms with E-state index < -0.39 is 5.97 Å². The third kappa shape index (κ3) is 2.94. The maximum Gasteiger partial charge on any atom is 0.384 e. The van der Waals surface area contributed by atoms with Gasteiger partial charge < -0.3 is 4.74 Å². The molecule has 0 aliphatic carbocycles. The van der Waals surface area contributed by atoms with Crippen LogP contribution < -0.4 is 0 Å². The number of rotatable bonds is 2. The highest BCUT2D eigenvalue weighted by atomic mass is 16.5. The molecule has 1 N–H and O–H groups in total. The van der Waals surface area contributed by atoms with E-state index in [1.54, 1.807) is 6.92 Å². The number of hydrogen-bond acceptors (Lipinski definition) is 3. The molecule has 4 nitrogen and oxygen atoms in total. The van der Waals surface area contributed by atoms with Gasteiger partial charge >= 0.3 is 5.97 Å². The van der Waals surface area contributed by atoms with Crippen molar-refractivity contribution >= 4 is 5.97 Å². The zero-order valence-electron chi connectivity index (χ0n) is 8.26. The second-order valence-corrected chi connectivity index (χ2v) is 2.60. The molecule has 1 rings (SSSR count). The van der Waals surface area contributed by atoms with Crippen LogP contribution in [0.25, 0.3) is 0 Å². The van der Waals surface area contributed by atoms with E-state index in [1.807, 2.05) is 13.0 Å². The first-order chi connectivity index (χ1) is 6.76. The van der Waals surface area contributed by atoms with Crippen LogP contribution in [-0.4, -0.2) is 22.8 Å². The van der Waals surface area contributed by atoms with Gasteiger partial charge in [-0.15, -0.1) is 0 Å². The summed E-state index contributed by atoms with van der Waals surface area (Å²) >= 11 is 0. The van der Waals surface area contributed by atoms with Crippen molar-refractivity contribution in [2.45, 2.75) is 20.3 Å². The Morgan fingerprint density at radius 1 is 1.64 bits per heavy atom. The van der Waals surface area contributed by atoms with Crippen molar-refractivity contribution in [3.05, 3.63) is 17.5 Å². The molecule has 1 aromatic rings. The van der Waals surface area contributed by atoms with Gasteiger partial charge in [-0.3, -0.25) is 5.10 Å². The second-order valence-electron chi connectivity index (χ2n) is 2.60. The van der Waals surface area contributed by atoms with Crippen LogP contribution >= 0.6 is 0 Å². The first-order valence-electron chi connectivity index (χ1n) is 4.49. The van der Waals surface area contributed by atoms with Crippen LogP contribution in [0.4, 0.5) is 0 Å². The van der Waals surface area contributed by atoms with Gasteiger partial charge in [0.25, 0.3) is 0 Å². The Morgan fingerprint density at radius 3 is 3.00 bits per heavy atom. The summed E-state index contributed by atoms with van der Waals surface area (Å²) in [5, 5.41) is 6.70. The highest BCUT2D eigenvalue weighted by molar-refractivity contribution is 5.88. The molecule has 0 unspecified atom stereocenters. The molecule has 0 spiro atoms. The lowest BCUT2D eigenvalue weighted by molar-refractivity contribution is -0.136. The third-order valence-corrected chi connectivity index (χ3v) is 1.57. The van der Waals surface area contributed by atoms with Gasteiger partial charge in [0, 0.05) is 5.92 Å². The number of aromatic amines is 1. The molecule has 0 atom stereocenters. The molecule has 0 aromatic carbocycles. The van der Waals surface area contributed by atoms with Crippen molar-refractivity contribution in [3.63, 3.8) is 0 Å². The summed E-state index contributed by atoms with van der Waals surface area (Å²) in [7, 11) is 0. The molecular formula is C10H12N2O2. The predicted octanol–water partition coefficient (Wildman–Crippen LogP) is 0.887. The minimum absolute atomic E-state index is 0.344. The minimum atomic E-state index is -0.514. The van der Waals surface area contributed by atoms with Crippen LogP contribution in [0.3, 0.4) is 0 Å². The summed E-state index contributed by atoms with van der Waals surface area (Å²) in [6.07, 6.45) is 0.845. The smallest absolute Gasteiger partial charge is 0.384 e. The van der Waals surface area contributed by atoms with Crippen LogP contribution in [-0.2, 0) is 16.0 Å². The molecule has 0 amide bonds. The van der Waals surface area contributed by atoms with Crippen molar-refractivity contribution in [3.8, 4) is 11.8 Å². The summed E-state index contributed by atoms with van der Waals surface area (Å²) in [6, 6.07) is 1.81. The third-order valence-electron chi connectivity index (χ3n) is 1.57. The Morgan fingerprint density at radius 2 is 2.43 bits per heavy atom. The molecule has 0 bridgehead atoms. The predicted molar refractivity (Wildman–Crippen MR) is 51.5 cm³/mol. The quantitative estimate of drug-likeness (QED) is 0.559. The number of carbonyl (C=O) groups excluding carboxylic acids is 1. The van der Waals surface area contributed by atoms with Crippen LogP contribution in [0.5, 0.6) is 0 Å². The van der Waals surface area contributed by atoms with E-state index in [1.165, 1.54) is 0 Å². The van der Waals surface area contributed by atoms with Crippen LogP contribution in [0.1, 0.15) is 25.2 Å². The van der Waals surface area contributed by atoms with Gasteiger partial charge in [-0.25, -0.2) is 4.79 Å². The maximum atomic E-state index is 10.9. The van der Waals surface area contributed by atoms with Gasteiger partial charge in [-0.05, 0) is 25.3 Å². The lowest BCUT2D eigenvalue weighted by Gasteiger charge is -1.89. The Kier molecular flexibility index (Phi) is 3.74. The van der Waals surface area contributed by atoms with Crippen LogP contribution in [0, 0.1) is 11.8 Å². The molecule has 4 heteroatoms. The Bertz CT molecular complexity index is 371. The molecule has 0 aliphatic heterocycles. The SMILES string of the molecule is CCOC(=O)C#Cc1cc(CC)n[nH]1. The summed E-state index contributed by atoms with van der Waals surface area (Å²) in [4.78, 5) is 10.9. The summed E-state index contributed by atoms with van der Waals surface area (Å²) in [5.74, 6) is 4.48. The summed E-state index contributed by atoms with van der Waals surface area (Å²) < 4.78 is 4.65. The first kappa shape index (κ1) is 10.3. The molecule has 0 saturated heterocycles. The number of hydrogen-bond donors (Lipinski definition) is 1. The van der Waals surface area contributed by atoms with Gasteiger partial charge in [-0.2, -0.15) is 5.10 Å². The number of H-pyrrole nitrogens is 1. The Labute approximate surface area is 82.7 Å². The minimum Gasteiger partial charge on any atom is -0.456 e. The number of aryl methyl sites for hydroxylation is 1. The van der Waals surface area contributed by atoms with Gasteiger partial charge in [0.1, 0.15) is 5.69 Å². The number of esters is 1. The average molecular weight is 192 g/mol. The monoisotopic (exact) mass is 192 g/mol. The Hall–Kier alpha value is -1.76. The van der Waals surface area contributed by atoms with Gasteiger partial charge in [0.05, 0.1) is 12.3 Å².